The van der Waals surface area contributed by atoms with Gasteiger partial charge in [-0.3, -0.25) is 9.78 Å². The van der Waals surface area contributed by atoms with E-state index in [9.17, 15) is 0 Å². The van der Waals surface area contributed by atoms with Crippen LogP contribution in [0, 0.1) is 0 Å². The summed E-state index contributed by atoms with van der Waals surface area (Å²) in [6.07, 6.45) is 1.85. The zero-order valence-corrected chi connectivity index (χ0v) is 9.36. The van der Waals surface area contributed by atoms with E-state index in [1.54, 1.807) is 6.07 Å². The third-order valence-corrected chi connectivity index (χ3v) is 2.80. The molecule has 0 saturated carbocycles. The number of benzene rings is 1. The van der Waals surface area contributed by atoms with Gasteiger partial charge in [-0.15, -0.1) is 0 Å². The Morgan fingerprint density at radius 1 is 1.31 bits per heavy atom. The molecule has 0 unspecified atom stereocenters. The van der Waals surface area contributed by atoms with Crippen LogP contribution in [0.5, 0.6) is 0 Å². The van der Waals surface area contributed by atoms with Gasteiger partial charge in [-0.1, -0.05) is 23.7 Å². The number of halogens is 1. The van der Waals surface area contributed by atoms with Crippen molar-refractivity contribution in [1.82, 2.24) is 20.0 Å². The Morgan fingerprint density at radius 3 is 2.94 bits per heavy atom. The van der Waals surface area contributed by atoms with Crippen molar-refractivity contribution in [3.05, 3.63) is 35.6 Å². The Hall–Kier alpha value is -1.81. The quantitative estimate of drug-likeness (QED) is 0.701. The molecule has 0 radical (unpaired) electrons. The number of hydrogen-bond donors (Lipinski definition) is 1. The van der Waals surface area contributed by atoms with Gasteiger partial charge in [0.15, 0.2) is 5.15 Å². The van der Waals surface area contributed by atoms with Crippen molar-refractivity contribution in [3.8, 4) is 11.3 Å². The van der Waals surface area contributed by atoms with Gasteiger partial charge in [-0.05, 0) is 6.07 Å². The van der Waals surface area contributed by atoms with Gasteiger partial charge in [0.1, 0.15) is 0 Å². The molecule has 4 nitrogen and oxygen atoms in total. The van der Waals surface area contributed by atoms with Crippen molar-refractivity contribution in [2.24, 2.45) is 7.05 Å². The maximum atomic E-state index is 5.78. The fourth-order valence-electron chi connectivity index (χ4n) is 1.76. The van der Waals surface area contributed by atoms with Crippen LogP contribution in [-0.4, -0.2) is 20.0 Å². The van der Waals surface area contributed by atoms with Gasteiger partial charge in [-0.25, -0.2) is 0 Å². The molecule has 5 heteroatoms. The van der Waals surface area contributed by atoms with Gasteiger partial charge in [0.05, 0.1) is 17.4 Å². The zero-order valence-electron chi connectivity index (χ0n) is 8.61. The van der Waals surface area contributed by atoms with Gasteiger partial charge < -0.3 is 0 Å². The van der Waals surface area contributed by atoms with Crippen LogP contribution in [0.4, 0.5) is 0 Å². The van der Waals surface area contributed by atoms with Crippen LogP contribution in [0.2, 0.25) is 5.15 Å². The average Bonchev–Trinajstić information content (AvgIpc) is 2.86. The predicted molar refractivity (Wildman–Crippen MR) is 63.3 cm³/mol. The summed E-state index contributed by atoms with van der Waals surface area (Å²) < 4.78 is 1.84. The van der Waals surface area contributed by atoms with E-state index in [4.69, 9.17) is 11.6 Å². The van der Waals surface area contributed by atoms with Crippen molar-refractivity contribution in [2.75, 3.05) is 0 Å². The van der Waals surface area contributed by atoms with Crippen LogP contribution in [0.15, 0.2) is 30.5 Å². The van der Waals surface area contributed by atoms with E-state index in [1.807, 2.05) is 30.1 Å². The number of fused-ring (bicyclic) bond motifs is 1. The minimum absolute atomic E-state index is 0.472. The van der Waals surface area contributed by atoms with Crippen molar-refractivity contribution in [2.45, 2.75) is 0 Å². The van der Waals surface area contributed by atoms with Crippen molar-refractivity contribution in [1.29, 1.82) is 0 Å². The molecule has 0 saturated heterocycles. The molecule has 0 bridgehead atoms. The second kappa shape index (κ2) is 3.35. The lowest BCUT2D eigenvalue weighted by atomic mass is 10.1. The molecular formula is C11H9ClN4. The Balaban J connectivity index is 2.21. The molecule has 1 aromatic carbocycles. The number of aryl methyl sites for hydroxylation is 1. The van der Waals surface area contributed by atoms with Crippen LogP contribution < -0.4 is 0 Å². The van der Waals surface area contributed by atoms with Gasteiger partial charge in [-0.2, -0.15) is 10.2 Å². The third-order valence-electron chi connectivity index (χ3n) is 2.61. The molecule has 80 valence electrons. The first kappa shape index (κ1) is 9.42. The van der Waals surface area contributed by atoms with Crippen LogP contribution in [0.1, 0.15) is 0 Å². The third kappa shape index (κ3) is 1.39. The lowest BCUT2D eigenvalue weighted by molar-refractivity contribution is 0.797. The molecule has 2 heterocycles. The van der Waals surface area contributed by atoms with Crippen LogP contribution >= 0.6 is 11.6 Å². The molecule has 0 spiro atoms. The highest BCUT2D eigenvalue weighted by atomic mass is 35.5. The monoisotopic (exact) mass is 232 g/mol. The molecule has 0 amide bonds. The highest BCUT2D eigenvalue weighted by Gasteiger charge is 2.05. The number of H-pyrrole nitrogens is 1. The number of hydrogen-bond acceptors (Lipinski definition) is 2. The summed E-state index contributed by atoms with van der Waals surface area (Å²) in [6.45, 7) is 0. The molecule has 3 aromatic rings. The maximum Gasteiger partial charge on any atom is 0.151 e. The Kier molecular flexibility index (Phi) is 1.97. The number of nitrogens with zero attached hydrogens (tertiary/aromatic N) is 3. The number of aromatic nitrogens is 4. The summed E-state index contributed by atoms with van der Waals surface area (Å²) in [4.78, 5) is 0. The Morgan fingerprint density at radius 2 is 2.19 bits per heavy atom. The second-order valence-corrected chi connectivity index (χ2v) is 4.03. The standard InChI is InChI=1S/C11H9ClN4/c1-16-10-4-7(2-3-8(10)6-13-16)9-5-11(12)15-14-9/h2-6H,1H3,(H,14,15). The highest BCUT2D eigenvalue weighted by molar-refractivity contribution is 6.29. The van der Waals surface area contributed by atoms with E-state index in [2.05, 4.69) is 21.4 Å². The topological polar surface area (TPSA) is 46.5 Å². The van der Waals surface area contributed by atoms with Crippen LogP contribution in [0.3, 0.4) is 0 Å². The smallest absolute Gasteiger partial charge is 0.151 e. The van der Waals surface area contributed by atoms with Crippen LogP contribution in [0.25, 0.3) is 22.2 Å². The fraction of sp³-hybridized carbons (Fsp3) is 0.0909. The summed E-state index contributed by atoms with van der Waals surface area (Å²) in [6, 6.07) is 7.92. The van der Waals surface area contributed by atoms with Gasteiger partial charge in [0.25, 0.3) is 0 Å². The molecule has 0 aliphatic rings. The van der Waals surface area contributed by atoms with Gasteiger partial charge in [0.2, 0.25) is 0 Å². The normalized spacial score (nSPS) is 11.1. The highest BCUT2D eigenvalue weighted by Crippen LogP contribution is 2.23. The van der Waals surface area contributed by atoms with Crippen molar-refractivity contribution in [3.63, 3.8) is 0 Å². The minimum atomic E-state index is 0.472. The van der Waals surface area contributed by atoms with Gasteiger partial charge in [0, 0.05) is 24.1 Å². The summed E-state index contributed by atoms with van der Waals surface area (Å²) in [5, 5.41) is 12.6. The van der Waals surface area contributed by atoms with Crippen molar-refractivity contribution < 1.29 is 0 Å². The minimum Gasteiger partial charge on any atom is -0.276 e. The first-order chi connectivity index (χ1) is 7.74. The van der Waals surface area contributed by atoms with Crippen LogP contribution in [-0.2, 0) is 7.05 Å². The summed E-state index contributed by atoms with van der Waals surface area (Å²) in [5.74, 6) is 0. The first-order valence-corrected chi connectivity index (χ1v) is 5.25. The van der Waals surface area contributed by atoms with E-state index in [0.717, 1.165) is 22.2 Å². The molecular weight excluding hydrogens is 224 g/mol. The maximum absolute atomic E-state index is 5.78. The number of rotatable bonds is 1. The fourth-order valence-corrected chi connectivity index (χ4v) is 1.91. The lowest BCUT2D eigenvalue weighted by Crippen LogP contribution is -1.89. The summed E-state index contributed by atoms with van der Waals surface area (Å²) in [7, 11) is 1.92. The van der Waals surface area contributed by atoms with E-state index >= 15 is 0 Å². The molecule has 0 aliphatic carbocycles. The van der Waals surface area contributed by atoms with E-state index < -0.39 is 0 Å². The Bertz CT molecular complexity index is 653. The Labute approximate surface area is 96.8 Å². The van der Waals surface area contributed by atoms with E-state index in [0.29, 0.717) is 5.15 Å². The van der Waals surface area contributed by atoms with E-state index in [-0.39, 0.29) is 0 Å². The number of aromatic amines is 1. The second-order valence-electron chi connectivity index (χ2n) is 3.65. The molecule has 1 N–H and O–H groups in total. The largest absolute Gasteiger partial charge is 0.276 e. The number of nitrogens with one attached hydrogen (secondary N) is 1. The van der Waals surface area contributed by atoms with E-state index in [1.165, 1.54) is 0 Å². The molecule has 3 rings (SSSR count). The zero-order chi connectivity index (χ0) is 11.1. The average molecular weight is 233 g/mol. The molecule has 16 heavy (non-hydrogen) atoms. The molecule has 0 aliphatic heterocycles. The summed E-state index contributed by atoms with van der Waals surface area (Å²) >= 11 is 5.78. The molecule has 2 aromatic heterocycles. The first-order valence-electron chi connectivity index (χ1n) is 4.87. The lowest BCUT2D eigenvalue weighted by Gasteiger charge is -1.99. The van der Waals surface area contributed by atoms with Crippen molar-refractivity contribution >= 4 is 22.5 Å². The SMILES string of the molecule is Cn1ncc2ccc(-c3cc(Cl)n[nH]3)cc21. The predicted octanol–water partition coefficient (Wildman–Crippen LogP) is 2.62. The molecule has 0 atom stereocenters. The summed E-state index contributed by atoms with van der Waals surface area (Å²) in [5.41, 5.74) is 3.05. The van der Waals surface area contributed by atoms with Gasteiger partial charge >= 0.3 is 0 Å². The molecule has 0 fully saturated rings.